The number of rotatable bonds is 6. The van der Waals surface area contributed by atoms with Gasteiger partial charge in [0.05, 0.1) is 29.5 Å². The smallest absolute Gasteiger partial charge is 0.248 e. The van der Waals surface area contributed by atoms with Crippen molar-refractivity contribution in [1.82, 2.24) is 8.61 Å². The topological polar surface area (TPSA) is 122 Å². The molecule has 1 aromatic carbocycles. The van der Waals surface area contributed by atoms with E-state index in [1.807, 2.05) is 30.3 Å². The first-order valence-electron chi connectivity index (χ1n) is 16.0. The molecule has 0 radical (unpaired) electrons. The van der Waals surface area contributed by atoms with Gasteiger partial charge in [0, 0.05) is 17.3 Å². The number of amides is 2. The van der Waals surface area contributed by atoms with E-state index >= 15 is 0 Å². The lowest BCUT2D eigenvalue weighted by Gasteiger charge is -2.41. The molecule has 6 aliphatic rings. The molecule has 7 atom stereocenters. The van der Waals surface area contributed by atoms with Crippen LogP contribution in [0.4, 0.5) is 0 Å². The maximum absolute atomic E-state index is 14.3. The van der Waals surface area contributed by atoms with E-state index < -0.39 is 27.5 Å². The van der Waals surface area contributed by atoms with Crippen molar-refractivity contribution in [1.29, 1.82) is 0 Å². The molecular formula is C33H48N2O6S2. The van der Waals surface area contributed by atoms with Gasteiger partial charge in [-0.05, 0) is 73.2 Å². The summed E-state index contributed by atoms with van der Waals surface area (Å²) in [4.78, 5) is 28.0. The molecule has 1 aromatic rings. The van der Waals surface area contributed by atoms with Gasteiger partial charge in [-0.2, -0.15) is 0 Å². The fourth-order valence-corrected chi connectivity index (χ4v) is 16.3. The first kappa shape index (κ1) is 30.1. The summed E-state index contributed by atoms with van der Waals surface area (Å²) in [5, 5.41) is 0. The van der Waals surface area contributed by atoms with Gasteiger partial charge in [-0.1, -0.05) is 70.2 Å². The van der Waals surface area contributed by atoms with Crippen LogP contribution >= 0.6 is 21.6 Å². The van der Waals surface area contributed by atoms with Crippen molar-refractivity contribution < 1.29 is 27.8 Å². The van der Waals surface area contributed by atoms with Gasteiger partial charge >= 0.3 is 0 Å². The van der Waals surface area contributed by atoms with Gasteiger partial charge in [0.15, 0.2) is 0 Å². The Hall–Kier alpha value is -1.56. The zero-order chi connectivity index (χ0) is 30.8. The molecule has 4 saturated carbocycles. The molecule has 4 unspecified atom stereocenters. The van der Waals surface area contributed by atoms with Crippen molar-refractivity contribution >= 4 is 33.4 Å². The molecular weight excluding hydrogens is 585 g/mol. The molecule has 6 fully saturated rings. The summed E-state index contributed by atoms with van der Waals surface area (Å²) in [5.41, 5.74) is 0.325. The maximum Gasteiger partial charge on any atom is 0.248 e. The van der Waals surface area contributed by atoms with Crippen LogP contribution in [0, 0.1) is 39.4 Å². The number of benzene rings is 1. The molecule has 2 amide bonds. The average Bonchev–Trinajstić information content (AvgIpc) is 3.62. The molecule has 2 aliphatic heterocycles. The fourth-order valence-electron chi connectivity index (χ4n) is 11.0. The first-order chi connectivity index (χ1) is 20.1. The third-order valence-corrected chi connectivity index (χ3v) is 17.6. The van der Waals surface area contributed by atoms with E-state index in [0.717, 1.165) is 44.1 Å². The Labute approximate surface area is 259 Å². The zero-order valence-corrected chi connectivity index (χ0v) is 27.4. The van der Waals surface area contributed by atoms with Gasteiger partial charge < -0.3 is 0 Å². The van der Waals surface area contributed by atoms with Crippen LogP contribution in [-0.4, -0.2) is 62.2 Å². The van der Waals surface area contributed by atoms with Crippen LogP contribution in [0.3, 0.4) is 0 Å². The molecule has 8 nitrogen and oxygen atoms in total. The zero-order valence-electron chi connectivity index (χ0n) is 25.8. The van der Waals surface area contributed by atoms with E-state index in [4.69, 9.17) is 0 Å². The van der Waals surface area contributed by atoms with E-state index in [-0.39, 0.29) is 63.5 Å². The van der Waals surface area contributed by atoms with Crippen LogP contribution in [0.15, 0.2) is 42.5 Å². The minimum Gasteiger partial charge on any atom is -0.282 e. The molecule has 7 rings (SSSR count). The van der Waals surface area contributed by atoms with E-state index in [0.29, 0.717) is 18.3 Å². The van der Waals surface area contributed by atoms with E-state index in [1.54, 1.807) is 12.2 Å². The second-order valence-corrected chi connectivity index (χ2v) is 19.5. The van der Waals surface area contributed by atoms with Gasteiger partial charge in [-0.15, -0.1) is 21.6 Å². The highest BCUT2D eigenvalue weighted by Crippen LogP contribution is 2.78. The molecule has 4 bridgehead atoms. The molecule has 10 heteroatoms. The Morgan fingerprint density at radius 2 is 1.37 bits per heavy atom. The number of nitrogens with zero attached hydrogens (tertiary/aromatic N) is 2. The summed E-state index contributed by atoms with van der Waals surface area (Å²) in [7, 11) is -6.50. The van der Waals surface area contributed by atoms with E-state index in [9.17, 15) is 27.8 Å². The second kappa shape index (κ2) is 9.48. The van der Waals surface area contributed by atoms with Gasteiger partial charge in [0.25, 0.3) is 0 Å². The van der Waals surface area contributed by atoms with Crippen LogP contribution in [0.2, 0.25) is 0 Å². The summed E-state index contributed by atoms with van der Waals surface area (Å²) in [6, 6.07) is 9.33. The van der Waals surface area contributed by atoms with Gasteiger partial charge in [0.1, 0.15) is 0 Å². The standard InChI is InChI=1S/C33H48N2O6S2/c1-30(2)24-13-15-32(30)20-42(38,39)34(26(32)18-24)28(36)12-8-11-23(17-22-9-6-5-7-10-22)29(37)35-27-19-25-14-16-33(27,31(25,3)4)21-43(35,40)41/h5-11,23-27,38-41H,12-21H2,1-4H3/b11-8+/t23-,24?,25?,26+,27+,32?,33?/m1/s1. The molecule has 4 N–H and O–H groups in total. The first-order valence-corrected chi connectivity index (χ1v) is 19.3. The Morgan fingerprint density at radius 3 is 1.91 bits per heavy atom. The quantitative estimate of drug-likeness (QED) is 0.246. The molecule has 2 heterocycles. The normalized spacial score (nSPS) is 40.9. The van der Waals surface area contributed by atoms with Crippen molar-refractivity contribution in [3.8, 4) is 0 Å². The van der Waals surface area contributed by atoms with Crippen molar-refractivity contribution in [2.75, 3.05) is 11.5 Å². The van der Waals surface area contributed by atoms with Crippen molar-refractivity contribution in [2.24, 2.45) is 39.4 Å². The predicted octanol–water partition coefficient (Wildman–Crippen LogP) is 7.20. The Balaban J connectivity index is 1.14. The second-order valence-electron chi connectivity index (χ2n) is 15.6. The van der Waals surface area contributed by atoms with Crippen LogP contribution in [0.5, 0.6) is 0 Å². The molecule has 2 saturated heterocycles. The largest absolute Gasteiger partial charge is 0.282 e. The lowest BCUT2D eigenvalue weighted by molar-refractivity contribution is -0.132. The molecule has 0 aromatic heterocycles. The summed E-state index contributed by atoms with van der Waals surface area (Å²) < 4.78 is 48.0. The number of hydrogen-bond acceptors (Lipinski definition) is 6. The van der Waals surface area contributed by atoms with Crippen molar-refractivity contribution in [2.45, 2.75) is 91.1 Å². The third-order valence-electron chi connectivity index (χ3n) is 13.6. The van der Waals surface area contributed by atoms with Crippen molar-refractivity contribution in [3.63, 3.8) is 0 Å². The van der Waals surface area contributed by atoms with E-state index in [1.165, 1.54) is 8.61 Å². The molecule has 238 valence electrons. The molecule has 43 heavy (non-hydrogen) atoms. The minimum absolute atomic E-state index is 0.0369. The average molecular weight is 633 g/mol. The summed E-state index contributed by atoms with van der Waals surface area (Å²) >= 11 is 0. The lowest BCUT2D eigenvalue weighted by atomic mass is 9.69. The van der Waals surface area contributed by atoms with Gasteiger partial charge in [0.2, 0.25) is 11.8 Å². The number of carbonyl (C=O) groups excluding carboxylic acids is 2. The Morgan fingerprint density at radius 1 is 0.860 bits per heavy atom. The van der Waals surface area contributed by atoms with Crippen LogP contribution < -0.4 is 0 Å². The maximum atomic E-state index is 14.3. The summed E-state index contributed by atoms with van der Waals surface area (Å²) in [6.07, 6.45) is 9.33. The number of carbonyl (C=O) groups is 2. The Kier molecular flexibility index (Phi) is 6.64. The SMILES string of the molecule is CC1(C)C2CCC13CS(O)(O)N(C(=O)C/C=C/[C@H](Cc1ccccc1)C(=O)N1[C@H]4CC5CCC4(CS1(O)O)C5(C)C)[C@H]3C2. The summed E-state index contributed by atoms with van der Waals surface area (Å²) in [6.45, 7) is 8.90. The van der Waals surface area contributed by atoms with E-state index in [2.05, 4.69) is 27.7 Å². The Bertz CT molecular complexity index is 1360. The number of hydrogen-bond donors (Lipinski definition) is 4. The highest BCUT2D eigenvalue weighted by molar-refractivity contribution is 8.23. The van der Waals surface area contributed by atoms with Crippen LogP contribution in [0.25, 0.3) is 0 Å². The van der Waals surface area contributed by atoms with Crippen LogP contribution in [0.1, 0.15) is 78.2 Å². The minimum atomic E-state index is -3.28. The molecule has 4 aliphatic carbocycles. The third kappa shape index (κ3) is 3.99. The monoisotopic (exact) mass is 632 g/mol. The highest BCUT2D eigenvalue weighted by atomic mass is 32.3. The van der Waals surface area contributed by atoms with Gasteiger partial charge in [-0.25, -0.2) is 8.61 Å². The lowest BCUT2D eigenvalue weighted by Crippen LogP contribution is -2.45. The summed E-state index contributed by atoms with van der Waals surface area (Å²) in [5.74, 6) is 0.156. The highest BCUT2D eigenvalue weighted by Gasteiger charge is 2.73. The molecule has 2 spiro atoms. The predicted molar refractivity (Wildman–Crippen MR) is 171 cm³/mol. The van der Waals surface area contributed by atoms with Crippen molar-refractivity contribution in [3.05, 3.63) is 48.0 Å². The fraction of sp³-hybridized carbons (Fsp3) is 0.697. The van der Waals surface area contributed by atoms with Crippen LogP contribution in [-0.2, 0) is 16.0 Å². The van der Waals surface area contributed by atoms with Gasteiger partial charge in [-0.3, -0.25) is 27.8 Å². The number of fused-ring (bicyclic) bond motifs is 2.